The molecule has 3 rings (SSSR count). The second kappa shape index (κ2) is 17.1. The van der Waals surface area contributed by atoms with Crippen molar-refractivity contribution < 1.29 is 8.42 Å². The molecule has 1 aliphatic heterocycles. The molecule has 8 heteroatoms. The molecule has 1 aliphatic rings. The van der Waals surface area contributed by atoms with Crippen molar-refractivity contribution in [3.05, 3.63) is 107 Å². The summed E-state index contributed by atoms with van der Waals surface area (Å²) in [5.41, 5.74) is 2.42. The first-order valence-corrected chi connectivity index (χ1v) is 17.4. The van der Waals surface area contributed by atoms with E-state index in [1.807, 2.05) is 94.4 Å². The molecule has 232 valence electrons. The van der Waals surface area contributed by atoms with Crippen LogP contribution in [0, 0.1) is 0 Å². The fourth-order valence-corrected chi connectivity index (χ4v) is 7.53. The lowest BCUT2D eigenvalue weighted by atomic mass is 10.0. The molecule has 0 aliphatic carbocycles. The van der Waals surface area contributed by atoms with Gasteiger partial charge in [-0.1, -0.05) is 71.8 Å². The molecule has 0 saturated heterocycles. The first-order chi connectivity index (χ1) is 19.7. The summed E-state index contributed by atoms with van der Waals surface area (Å²) in [7, 11) is -2.07. The van der Waals surface area contributed by atoms with E-state index in [1.54, 1.807) is 0 Å². The van der Waals surface area contributed by atoms with E-state index in [2.05, 4.69) is 41.7 Å². The molecule has 0 saturated carbocycles. The molecule has 2 aromatic carbocycles. The quantitative estimate of drug-likeness (QED) is 0.228. The van der Waals surface area contributed by atoms with Crippen LogP contribution in [0.4, 0.5) is 0 Å². The van der Waals surface area contributed by atoms with E-state index in [0.717, 1.165) is 42.3 Å². The molecule has 0 aromatic heterocycles. The average molecular weight is 652 g/mol. The van der Waals surface area contributed by atoms with Crippen LogP contribution >= 0.6 is 23.2 Å². The predicted molar refractivity (Wildman–Crippen MR) is 186 cm³/mol. The molecule has 0 spiro atoms. The maximum atomic E-state index is 12.8. The summed E-state index contributed by atoms with van der Waals surface area (Å²) in [5.74, 6) is 0. The van der Waals surface area contributed by atoms with Gasteiger partial charge in [-0.05, 0) is 103 Å². The van der Waals surface area contributed by atoms with Gasteiger partial charge in [0.25, 0.3) is 0 Å². The van der Waals surface area contributed by atoms with Crippen molar-refractivity contribution in [1.29, 1.82) is 0 Å². The molecular formula is C34H48Cl2N2O2S2. The van der Waals surface area contributed by atoms with Crippen LogP contribution in [0.5, 0.6) is 0 Å². The maximum absolute atomic E-state index is 12.8. The number of nitrogens with zero attached hydrogens (tertiary/aromatic N) is 2. The van der Waals surface area contributed by atoms with Gasteiger partial charge in [-0.25, -0.2) is 17.0 Å². The minimum Gasteiger partial charge on any atom is -0.242 e. The third-order valence-corrected chi connectivity index (χ3v) is 11.0. The van der Waals surface area contributed by atoms with E-state index in [9.17, 15) is 8.42 Å². The van der Waals surface area contributed by atoms with E-state index in [4.69, 9.17) is 23.2 Å². The number of benzene rings is 2. The van der Waals surface area contributed by atoms with Crippen molar-refractivity contribution in [3.8, 4) is 0 Å². The lowest BCUT2D eigenvalue weighted by Gasteiger charge is -2.36. The molecule has 0 fully saturated rings. The van der Waals surface area contributed by atoms with Gasteiger partial charge < -0.3 is 0 Å². The number of hydrogen-bond donors (Lipinski definition) is 0. The molecule has 42 heavy (non-hydrogen) atoms. The van der Waals surface area contributed by atoms with E-state index in [0.29, 0.717) is 12.6 Å². The molecule has 0 radical (unpaired) electrons. The van der Waals surface area contributed by atoms with Gasteiger partial charge in [-0.2, -0.15) is 0 Å². The monoisotopic (exact) mass is 650 g/mol. The van der Waals surface area contributed by atoms with E-state index < -0.39 is 22.0 Å². The van der Waals surface area contributed by atoms with Crippen molar-refractivity contribution in [2.75, 3.05) is 13.1 Å². The Labute approximate surface area is 270 Å². The minimum atomic E-state index is -1.10. The van der Waals surface area contributed by atoms with Crippen LogP contribution in [0.2, 0.25) is 10.0 Å². The highest BCUT2D eigenvalue weighted by Gasteiger charge is 2.32. The topological polar surface area (TPSA) is 40.6 Å². The highest BCUT2D eigenvalue weighted by molar-refractivity contribution is 7.84. The summed E-state index contributed by atoms with van der Waals surface area (Å²) in [6.07, 6.45) is 11.4. The second-order valence-electron chi connectivity index (χ2n) is 12.4. The Morgan fingerprint density at radius 2 is 1.43 bits per heavy atom. The standard InChI is InChI=1S/C18H26ClNOS.C16H22ClNOS/c1-6-8-17(14-15-9-11-16(19)12-10-15)20(13-7-2)22(21)18(3,4)5;1-16(2,3)20(19)18-11-5-4-6-15(18)12-13-7-9-14(17)10-8-13/h6-7,9-12,17H,1-2,8,13-14H2,3-5H3;4-5,7-10,15H,6,11-12H2,1-3H3/t17?,22-;15?,20-/m00/s1. The van der Waals surface area contributed by atoms with Crippen molar-refractivity contribution in [2.45, 2.75) is 88.8 Å². The molecule has 4 nitrogen and oxygen atoms in total. The van der Waals surface area contributed by atoms with Crippen LogP contribution in [0.25, 0.3) is 0 Å². The van der Waals surface area contributed by atoms with Gasteiger partial charge in [0.2, 0.25) is 0 Å². The highest BCUT2D eigenvalue weighted by Crippen LogP contribution is 2.25. The van der Waals surface area contributed by atoms with E-state index in [-0.39, 0.29) is 15.5 Å². The molecule has 0 N–H and O–H groups in total. The van der Waals surface area contributed by atoms with Crippen molar-refractivity contribution in [3.63, 3.8) is 0 Å². The summed E-state index contributed by atoms with van der Waals surface area (Å²) in [6.45, 7) is 21.1. The lowest BCUT2D eigenvalue weighted by molar-refractivity contribution is 0.342. The van der Waals surface area contributed by atoms with Crippen LogP contribution in [-0.4, -0.2) is 51.7 Å². The minimum absolute atomic E-state index is 0.122. The Morgan fingerprint density at radius 3 is 1.90 bits per heavy atom. The SMILES string of the molecule is C=CCC(Cc1ccc(Cl)cc1)N(CC=C)[S@@](=O)C(C)(C)C.CC(C)(C)[S@](=O)N1CC=CCC1Cc1ccc(Cl)cc1. The van der Waals surface area contributed by atoms with Crippen LogP contribution in [0.1, 0.15) is 65.5 Å². The molecule has 4 atom stereocenters. The maximum Gasteiger partial charge on any atom is 0.100 e. The first-order valence-electron chi connectivity index (χ1n) is 14.4. The first kappa shape index (κ1) is 36.7. The van der Waals surface area contributed by atoms with Gasteiger partial charge in [-0.15, -0.1) is 13.2 Å². The summed E-state index contributed by atoms with van der Waals surface area (Å²) in [6, 6.07) is 16.2. The molecule has 0 bridgehead atoms. The fraction of sp³-hybridized carbons (Fsp3) is 0.471. The van der Waals surface area contributed by atoms with Crippen LogP contribution in [0.15, 0.2) is 86.0 Å². The van der Waals surface area contributed by atoms with Crippen LogP contribution in [0.3, 0.4) is 0 Å². The second-order valence-corrected chi connectivity index (χ2v) is 17.7. The zero-order valence-corrected chi connectivity index (χ0v) is 29.2. The summed E-state index contributed by atoms with van der Waals surface area (Å²) < 4.78 is 29.1. The normalized spacial score (nSPS) is 18.1. The smallest absolute Gasteiger partial charge is 0.100 e. The molecule has 2 aromatic rings. The third kappa shape index (κ3) is 11.9. The van der Waals surface area contributed by atoms with Crippen LogP contribution < -0.4 is 0 Å². The molecule has 0 amide bonds. The molecule has 2 unspecified atom stereocenters. The lowest BCUT2D eigenvalue weighted by Crippen LogP contribution is -2.46. The summed E-state index contributed by atoms with van der Waals surface area (Å²) >= 11 is 11.9. The van der Waals surface area contributed by atoms with Gasteiger partial charge in [0.05, 0.1) is 9.49 Å². The fourth-order valence-electron chi connectivity index (χ4n) is 4.55. The van der Waals surface area contributed by atoms with Gasteiger partial charge in [0.15, 0.2) is 0 Å². The van der Waals surface area contributed by atoms with Crippen molar-refractivity contribution >= 4 is 45.2 Å². The van der Waals surface area contributed by atoms with Crippen molar-refractivity contribution in [2.24, 2.45) is 0 Å². The molecule has 1 heterocycles. The Kier molecular flexibility index (Phi) is 14.9. The predicted octanol–water partition coefficient (Wildman–Crippen LogP) is 8.75. The van der Waals surface area contributed by atoms with Gasteiger partial charge in [-0.3, -0.25) is 0 Å². The largest absolute Gasteiger partial charge is 0.242 e. The number of rotatable bonds is 11. The Bertz CT molecular complexity index is 1220. The van der Waals surface area contributed by atoms with Crippen LogP contribution in [-0.2, 0) is 34.8 Å². The zero-order chi connectivity index (χ0) is 31.5. The summed E-state index contributed by atoms with van der Waals surface area (Å²) in [4.78, 5) is 0. The zero-order valence-electron chi connectivity index (χ0n) is 26.0. The van der Waals surface area contributed by atoms with Gasteiger partial charge in [0.1, 0.15) is 22.0 Å². The average Bonchev–Trinajstić information content (AvgIpc) is 2.93. The van der Waals surface area contributed by atoms with E-state index in [1.165, 1.54) is 11.1 Å². The highest BCUT2D eigenvalue weighted by atomic mass is 35.5. The molecular weight excluding hydrogens is 603 g/mol. The number of hydrogen-bond acceptors (Lipinski definition) is 2. The Balaban J connectivity index is 0.000000294. The number of halogens is 2. The van der Waals surface area contributed by atoms with Gasteiger partial charge >= 0.3 is 0 Å². The van der Waals surface area contributed by atoms with Crippen molar-refractivity contribution in [1.82, 2.24) is 8.61 Å². The van der Waals surface area contributed by atoms with Gasteiger partial charge in [0, 0.05) is 35.2 Å². The third-order valence-electron chi connectivity index (χ3n) is 6.67. The summed E-state index contributed by atoms with van der Waals surface area (Å²) in [5, 5.41) is 1.48. The Morgan fingerprint density at radius 1 is 0.881 bits per heavy atom. The Hall–Kier alpha value is -1.54. The van der Waals surface area contributed by atoms with E-state index >= 15 is 0 Å².